The molecule has 0 radical (unpaired) electrons. The average molecular weight is 446 g/mol. The van der Waals surface area contributed by atoms with Crippen LogP contribution in [0.5, 0.6) is 5.75 Å². The zero-order valence-electron chi connectivity index (χ0n) is 19.3. The summed E-state index contributed by atoms with van der Waals surface area (Å²) >= 11 is 0. The molecule has 1 aliphatic rings. The van der Waals surface area contributed by atoms with E-state index >= 15 is 0 Å². The molecule has 2 aromatic rings. The molecule has 2 atom stereocenters. The lowest BCUT2D eigenvalue weighted by molar-refractivity contribution is 0.0877. The van der Waals surface area contributed by atoms with Crippen LogP contribution in [-0.2, 0) is 13.1 Å². The van der Waals surface area contributed by atoms with Crippen LogP contribution in [-0.4, -0.2) is 48.1 Å². The van der Waals surface area contributed by atoms with Gasteiger partial charge in [0.05, 0.1) is 12.6 Å². The molecule has 1 saturated heterocycles. The Bertz CT molecular complexity index is 905. The van der Waals surface area contributed by atoms with Crippen LogP contribution in [0.3, 0.4) is 0 Å². The maximum Gasteiger partial charge on any atom is 0.318 e. The minimum atomic E-state index is -0.635. The zero-order chi connectivity index (χ0) is 23.3. The molecule has 0 aliphatic carbocycles. The van der Waals surface area contributed by atoms with Crippen LogP contribution >= 0.6 is 0 Å². The van der Waals surface area contributed by atoms with Crippen LogP contribution in [0.15, 0.2) is 42.5 Å². The van der Waals surface area contributed by atoms with Gasteiger partial charge in [-0.25, -0.2) is 13.6 Å². The summed E-state index contributed by atoms with van der Waals surface area (Å²) in [5.41, 5.74) is 1.25. The van der Waals surface area contributed by atoms with Gasteiger partial charge in [-0.3, -0.25) is 0 Å². The number of amides is 2. The number of urea groups is 1. The van der Waals surface area contributed by atoms with Crippen LogP contribution in [0.2, 0.25) is 0 Å². The Morgan fingerprint density at radius 2 is 1.94 bits per heavy atom. The number of rotatable bonds is 7. The summed E-state index contributed by atoms with van der Waals surface area (Å²) in [6.07, 6.45) is 0.896. The van der Waals surface area contributed by atoms with E-state index in [0.717, 1.165) is 36.9 Å². The van der Waals surface area contributed by atoms with E-state index in [1.807, 2.05) is 38.1 Å². The first-order valence-corrected chi connectivity index (χ1v) is 11.2. The van der Waals surface area contributed by atoms with Gasteiger partial charge < -0.3 is 19.9 Å². The number of carbonyl (C=O) groups is 1. The van der Waals surface area contributed by atoms with E-state index in [2.05, 4.69) is 24.2 Å². The topological polar surface area (TPSA) is 44.8 Å². The van der Waals surface area contributed by atoms with Crippen LogP contribution in [0.25, 0.3) is 0 Å². The fraction of sp³-hybridized carbons (Fsp3) is 0.480. The van der Waals surface area contributed by atoms with Gasteiger partial charge >= 0.3 is 6.03 Å². The van der Waals surface area contributed by atoms with Gasteiger partial charge in [0.1, 0.15) is 17.4 Å². The van der Waals surface area contributed by atoms with Gasteiger partial charge in [-0.1, -0.05) is 25.1 Å². The van der Waals surface area contributed by atoms with Gasteiger partial charge in [0.2, 0.25) is 0 Å². The summed E-state index contributed by atoms with van der Waals surface area (Å²) in [6.45, 7) is 8.21. The van der Waals surface area contributed by atoms with Gasteiger partial charge in [0, 0.05) is 30.8 Å². The second-order valence-corrected chi connectivity index (χ2v) is 8.93. The number of carbonyl (C=O) groups excluding carboxylic acids is 1. The van der Waals surface area contributed by atoms with E-state index in [4.69, 9.17) is 4.74 Å². The first-order valence-electron chi connectivity index (χ1n) is 11.2. The smallest absolute Gasteiger partial charge is 0.318 e. The average Bonchev–Trinajstić information content (AvgIpc) is 2.73. The van der Waals surface area contributed by atoms with E-state index in [1.54, 1.807) is 4.90 Å². The fourth-order valence-electron chi connectivity index (χ4n) is 4.22. The second kappa shape index (κ2) is 10.8. The molecule has 2 aromatic carbocycles. The minimum absolute atomic E-state index is 0.0301. The first kappa shape index (κ1) is 24.0. The molecule has 174 valence electrons. The Balaban J connectivity index is 1.72. The van der Waals surface area contributed by atoms with Crippen molar-refractivity contribution in [2.75, 3.05) is 20.1 Å². The summed E-state index contributed by atoms with van der Waals surface area (Å²) in [4.78, 5) is 17.1. The Hall–Kier alpha value is -2.67. The molecule has 0 unspecified atom stereocenters. The lowest BCUT2D eigenvalue weighted by Crippen LogP contribution is -2.53. The number of likely N-dealkylation sites (tertiary alicyclic amines) is 1. The quantitative estimate of drug-likeness (QED) is 0.666. The molecule has 3 rings (SSSR count). The monoisotopic (exact) mass is 445 g/mol. The van der Waals surface area contributed by atoms with Gasteiger partial charge in [0.25, 0.3) is 0 Å². The number of piperidine rings is 1. The number of hydrogen-bond donors (Lipinski definition) is 1. The number of benzene rings is 2. The summed E-state index contributed by atoms with van der Waals surface area (Å²) in [5, 5.41) is 2.98. The molecule has 1 aliphatic heterocycles. The maximum atomic E-state index is 14.4. The van der Waals surface area contributed by atoms with Gasteiger partial charge in [-0.05, 0) is 63.5 Å². The summed E-state index contributed by atoms with van der Waals surface area (Å²) in [5.74, 6) is -0.247. The van der Waals surface area contributed by atoms with Crippen LogP contribution < -0.4 is 10.1 Å². The van der Waals surface area contributed by atoms with Crippen molar-refractivity contribution in [2.45, 2.75) is 52.4 Å². The molecule has 0 saturated carbocycles. The number of hydrogen-bond acceptors (Lipinski definition) is 3. The Labute approximate surface area is 189 Å². The highest BCUT2D eigenvalue weighted by molar-refractivity contribution is 5.74. The van der Waals surface area contributed by atoms with Crippen molar-refractivity contribution in [1.29, 1.82) is 0 Å². The van der Waals surface area contributed by atoms with E-state index < -0.39 is 11.6 Å². The highest BCUT2D eigenvalue weighted by Gasteiger charge is 2.32. The largest absolute Gasteiger partial charge is 0.491 e. The summed E-state index contributed by atoms with van der Waals surface area (Å²) in [6, 6.07) is 10.8. The number of halogens is 2. The lowest BCUT2D eigenvalue weighted by Gasteiger charge is -2.41. The Morgan fingerprint density at radius 3 is 2.56 bits per heavy atom. The third-order valence-electron chi connectivity index (χ3n) is 5.82. The highest BCUT2D eigenvalue weighted by Crippen LogP contribution is 2.24. The molecular weight excluding hydrogens is 412 g/mol. The molecule has 32 heavy (non-hydrogen) atoms. The van der Waals surface area contributed by atoms with Crippen molar-refractivity contribution < 1.29 is 18.3 Å². The standard InChI is InChI=1S/C25H33F2N3O2/c1-17(2)32-22-9-5-19(6-10-22)14-28-25(31)30(24-11-12-29(4)15-18(24)3)16-20-7-8-21(26)13-23(20)27/h5-10,13,17-18,24H,11-12,14-16H2,1-4H3,(H,28,31)/t18-,24-/m0/s1. The molecular formula is C25H33F2N3O2. The molecule has 2 amide bonds. The lowest BCUT2D eigenvalue weighted by atomic mass is 9.92. The first-order chi connectivity index (χ1) is 15.2. The third-order valence-corrected chi connectivity index (χ3v) is 5.82. The maximum absolute atomic E-state index is 14.4. The van der Waals surface area contributed by atoms with E-state index in [0.29, 0.717) is 12.1 Å². The molecule has 1 N–H and O–H groups in total. The summed E-state index contributed by atoms with van der Waals surface area (Å²) < 4.78 is 33.4. The molecule has 7 heteroatoms. The van der Waals surface area contributed by atoms with Crippen molar-refractivity contribution in [3.8, 4) is 5.75 Å². The summed E-state index contributed by atoms with van der Waals surface area (Å²) in [7, 11) is 2.06. The number of ether oxygens (including phenoxy) is 1. The van der Waals surface area contributed by atoms with Crippen LogP contribution in [0.4, 0.5) is 13.6 Å². The minimum Gasteiger partial charge on any atom is -0.491 e. The molecule has 1 heterocycles. The highest BCUT2D eigenvalue weighted by atomic mass is 19.1. The zero-order valence-corrected chi connectivity index (χ0v) is 19.3. The molecule has 0 aromatic heterocycles. The molecule has 5 nitrogen and oxygen atoms in total. The second-order valence-electron chi connectivity index (χ2n) is 8.93. The predicted molar refractivity (Wildman–Crippen MR) is 121 cm³/mol. The Morgan fingerprint density at radius 1 is 1.22 bits per heavy atom. The molecule has 1 fully saturated rings. The Kier molecular flexibility index (Phi) is 8.07. The van der Waals surface area contributed by atoms with Crippen molar-refractivity contribution in [3.63, 3.8) is 0 Å². The third kappa shape index (κ3) is 6.42. The van der Waals surface area contributed by atoms with E-state index in [9.17, 15) is 13.6 Å². The van der Waals surface area contributed by atoms with Crippen molar-refractivity contribution in [2.24, 2.45) is 5.92 Å². The van der Waals surface area contributed by atoms with Crippen molar-refractivity contribution in [3.05, 3.63) is 65.2 Å². The van der Waals surface area contributed by atoms with Crippen molar-refractivity contribution >= 4 is 6.03 Å². The van der Waals surface area contributed by atoms with Gasteiger partial charge in [0.15, 0.2) is 0 Å². The SMILES string of the molecule is CC(C)Oc1ccc(CNC(=O)N(Cc2ccc(F)cc2F)[C@H]2CCN(C)C[C@@H]2C)cc1. The van der Waals surface area contributed by atoms with E-state index in [1.165, 1.54) is 12.1 Å². The molecule has 0 bridgehead atoms. The fourth-order valence-corrected chi connectivity index (χ4v) is 4.22. The molecule has 0 spiro atoms. The van der Waals surface area contributed by atoms with Gasteiger partial charge in [-0.15, -0.1) is 0 Å². The predicted octanol–water partition coefficient (Wildman–Crippen LogP) is 4.80. The number of nitrogens with one attached hydrogen (secondary N) is 1. The van der Waals surface area contributed by atoms with Crippen LogP contribution in [0, 0.1) is 17.6 Å². The normalized spacial score (nSPS) is 19.1. The van der Waals surface area contributed by atoms with Gasteiger partial charge in [-0.2, -0.15) is 0 Å². The van der Waals surface area contributed by atoms with E-state index in [-0.39, 0.29) is 30.6 Å². The van der Waals surface area contributed by atoms with Crippen LogP contribution in [0.1, 0.15) is 38.3 Å². The number of nitrogens with zero attached hydrogens (tertiary/aromatic N) is 2. The van der Waals surface area contributed by atoms with Crippen molar-refractivity contribution in [1.82, 2.24) is 15.1 Å².